The standard InChI is InChI=1S/C17H16ClN3O3S/c1-12-2-4-13(5-3-12)17-20-16(24-21-17)10-11-19-25(22,23)15-8-6-14(18)7-9-15/h2-9,19H,10-11H2,1H3. The van der Waals surface area contributed by atoms with Gasteiger partial charge in [0, 0.05) is 23.6 Å². The molecule has 0 aliphatic rings. The fourth-order valence-corrected chi connectivity index (χ4v) is 3.32. The zero-order valence-corrected chi connectivity index (χ0v) is 15.0. The van der Waals surface area contributed by atoms with Crippen LogP contribution in [-0.2, 0) is 16.4 Å². The summed E-state index contributed by atoms with van der Waals surface area (Å²) in [5.74, 6) is 0.852. The van der Waals surface area contributed by atoms with Crippen molar-refractivity contribution in [2.24, 2.45) is 0 Å². The van der Waals surface area contributed by atoms with Crippen molar-refractivity contribution in [3.05, 3.63) is 65.0 Å². The molecule has 0 radical (unpaired) electrons. The van der Waals surface area contributed by atoms with Gasteiger partial charge in [-0.1, -0.05) is 46.6 Å². The molecule has 0 spiro atoms. The average molecular weight is 378 g/mol. The van der Waals surface area contributed by atoms with Gasteiger partial charge in [0.1, 0.15) is 0 Å². The van der Waals surface area contributed by atoms with Crippen molar-refractivity contribution >= 4 is 21.6 Å². The first-order valence-electron chi connectivity index (χ1n) is 7.59. The Labute approximate surface area is 150 Å². The predicted molar refractivity (Wildman–Crippen MR) is 94.8 cm³/mol. The number of hydrogen-bond donors (Lipinski definition) is 1. The van der Waals surface area contributed by atoms with Crippen LogP contribution in [0.25, 0.3) is 11.4 Å². The second kappa shape index (κ2) is 7.35. The number of nitrogens with zero attached hydrogens (tertiary/aromatic N) is 2. The van der Waals surface area contributed by atoms with E-state index in [1.54, 1.807) is 0 Å². The number of aryl methyl sites for hydroxylation is 1. The molecule has 0 saturated carbocycles. The van der Waals surface area contributed by atoms with Gasteiger partial charge in [-0.2, -0.15) is 4.98 Å². The average Bonchev–Trinajstić information content (AvgIpc) is 3.04. The minimum absolute atomic E-state index is 0.153. The first kappa shape index (κ1) is 17.6. The molecule has 130 valence electrons. The first-order chi connectivity index (χ1) is 11.9. The molecule has 1 heterocycles. The van der Waals surface area contributed by atoms with Crippen LogP contribution >= 0.6 is 11.6 Å². The minimum Gasteiger partial charge on any atom is -0.339 e. The molecule has 0 fully saturated rings. The first-order valence-corrected chi connectivity index (χ1v) is 9.45. The lowest BCUT2D eigenvalue weighted by Crippen LogP contribution is -2.26. The van der Waals surface area contributed by atoms with Gasteiger partial charge in [-0.3, -0.25) is 0 Å². The smallest absolute Gasteiger partial charge is 0.240 e. The molecular formula is C17H16ClN3O3S. The number of nitrogens with one attached hydrogen (secondary N) is 1. The van der Waals surface area contributed by atoms with E-state index >= 15 is 0 Å². The SMILES string of the molecule is Cc1ccc(-c2noc(CCNS(=O)(=O)c3ccc(Cl)cc3)n2)cc1. The van der Waals surface area contributed by atoms with Crippen molar-refractivity contribution in [1.29, 1.82) is 0 Å². The summed E-state index contributed by atoms with van der Waals surface area (Å²) in [6.45, 7) is 2.15. The Morgan fingerprint density at radius 2 is 1.76 bits per heavy atom. The van der Waals surface area contributed by atoms with E-state index in [1.165, 1.54) is 24.3 Å². The lowest BCUT2D eigenvalue weighted by atomic mass is 10.1. The monoisotopic (exact) mass is 377 g/mol. The van der Waals surface area contributed by atoms with Crippen molar-refractivity contribution < 1.29 is 12.9 Å². The van der Waals surface area contributed by atoms with E-state index in [1.807, 2.05) is 31.2 Å². The van der Waals surface area contributed by atoms with Crippen LogP contribution in [0.2, 0.25) is 5.02 Å². The topological polar surface area (TPSA) is 85.1 Å². The zero-order chi connectivity index (χ0) is 17.9. The van der Waals surface area contributed by atoms with E-state index in [-0.39, 0.29) is 11.4 Å². The summed E-state index contributed by atoms with van der Waals surface area (Å²) in [6.07, 6.45) is 0.297. The number of hydrogen-bond acceptors (Lipinski definition) is 5. The van der Waals surface area contributed by atoms with Gasteiger partial charge in [-0.25, -0.2) is 13.1 Å². The van der Waals surface area contributed by atoms with Crippen molar-refractivity contribution in [2.45, 2.75) is 18.2 Å². The van der Waals surface area contributed by atoms with E-state index in [2.05, 4.69) is 14.9 Å². The molecule has 0 aliphatic carbocycles. The van der Waals surface area contributed by atoms with Crippen molar-refractivity contribution in [1.82, 2.24) is 14.9 Å². The summed E-state index contributed by atoms with van der Waals surface area (Å²) in [7, 11) is -3.60. The lowest BCUT2D eigenvalue weighted by molar-refractivity contribution is 0.379. The fraction of sp³-hybridized carbons (Fsp3) is 0.176. The highest BCUT2D eigenvalue weighted by atomic mass is 35.5. The van der Waals surface area contributed by atoms with Crippen LogP contribution < -0.4 is 4.72 Å². The van der Waals surface area contributed by atoms with Crippen molar-refractivity contribution in [2.75, 3.05) is 6.54 Å². The Kier molecular flexibility index (Phi) is 5.17. The Morgan fingerprint density at radius 1 is 1.08 bits per heavy atom. The van der Waals surface area contributed by atoms with Gasteiger partial charge in [-0.15, -0.1) is 0 Å². The molecule has 25 heavy (non-hydrogen) atoms. The van der Waals surface area contributed by atoms with Gasteiger partial charge < -0.3 is 4.52 Å². The molecule has 0 atom stereocenters. The van der Waals surface area contributed by atoms with Gasteiger partial charge in [-0.05, 0) is 31.2 Å². The quantitative estimate of drug-likeness (QED) is 0.712. The van der Waals surface area contributed by atoms with E-state index in [0.717, 1.165) is 11.1 Å². The number of halogens is 1. The molecular weight excluding hydrogens is 362 g/mol. The van der Waals surface area contributed by atoms with Crippen molar-refractivity contribution in [3.63, 3.8) is 0 Å². The van der Waals surface area contributed by atoms with Gasteiger partial charge >= 0.3 is 0 Å². The Morgan fingerprint density at radius 3 is 2.44 bits per heavy atom. The highest BCUT2D eigenvalue weighted by Crippen LogP contribution is 2.17. The molecule has 0 saturated heterocycles. The van der Waals surface area contributed by atoms with Crippen molar-refractivity contribution in [3.8, 4) is 11.4 Å². The molecule has 2 aromatic carbocycles. The maximum atomic E-state index is 12.2. The predicted octanol–water partition coefficient (Wildman–Crippen LogP) is 3.22. The molecule has 6 nitrogen and oxygen atoms in total. The molecule has 0 unspecified atom stereocenters. The summed E-state index contributed by atoms with van der Waals surface area (Å²) < 4.78 is 32.0. The molecule has 1 N–H and O–H groups in total. The lowest BCUT2D eigenvalue weighted by Gasteiger charge is -2.05. The summed E-state index contributed by atoms with van der Waals surface area (Å²) in [4.78, 5) is 4.44. The highest BCUT2D eigenvalue weighted by Gasteiger charge is 2.14. The summed E-state index contributed by atoms with van der Waals surface area (Å²) in [5.41, 5.74) is 1.99. The molecule has 0 amide bonds. The molecule has 0 bridgehead atoms. The van der Waals surface area contributed by atoms with Crippen LogP contribution in [0.3, 0.4) is 0 Å². The second-order valence-corrected chi connectivity index (χ2v) is 7.68. The third-order valence-electron chi connectivity index (χ3n) is 3.53. The van der Waals surface area contributed by atoms with E-state index in [0.29, 0.717) is 23.2 Å². The Balaban J connectivity index is 1.61. The van der Waals surface area contributed by atoms with E-state index in [9.17, 15) is 8.42 Å². The fourth-order valence-electron chi connectivity index (χ4n) is 2.17. The third kappa shape index (κ3) is 4.45. The highest BCUT2D eigenvalue weighted by molar-refractivity contribution is 7.89. The zero-order valence-electron chi connectivity index (χ0n) is 13.4. The Hall–Kier alpha value is -2.22. The third-order valence-corrected chi connectivity index (χ3v) is 5.26. The molecule has 3 rings (SSSR count). The summed E-state index contributed by atoms with van der Waals surface area (Å²) in [5, 5.41) is 4.40. The van der Waals surface area contributed by atoms with Crippen LogP contribution in [0.15, 0.2) is 57.9 Å². The van der Waals surface area contributed by atoms with Crippen LogP contribution in [0.4, 0.5) is 0 Å². The summed E-state index contributed by atoms with van der Waals surface area (Å²) in [6, 6.07) is 13.7. The molecule has 8 heteroatoms. The van der Waals surface area contributed by atoms with Gasteiger partial charge in [0.25, 0.3) is 0 Å². The summed E-state index contributed by atoms with van der Waals surface area (Å²) >= 11 is 5.76. The van der Waals surface area contributed by atoms with Gasteiger partial charge in [0.05, 0.1) is 4.90 Å². The number of sulfonamides is 1. The van der Waals surface area contributed by atoms with E-state index in [4.69, 9.17) is 16.1 Å². The second-order valence-electron chi connectivity index (χ2n) is 5.48. The Bertz CT molecular complexity index is 952. The largest absolute Gasteiger partial charge is 0.339 e. The molecule has 3 aromatic rings. The number of rotatable bonds is 6. The molecule has 0 aliphatic heterocycles. The number of aromatic nitrogens is 2. The van der Waals surface area contributed by atoms with Crippen LogP contribution in [0.5, 0.6) is 0 Å². The van der Waals surface area contributed by atoms with E-state index < -0.39 is 10.0 Å². The maximum absolute atomic E-state index is 12.2. The van der Waals surface area contributed by atoms with Gasteiger partial charge in [0.15, 0.2) is 0 Å². The van der Waals surface area contributed by atoms with Crippen LogP contribution in [0, 0.1) is 6.92 Å². The molecule has 1 aromatic heterocycles. The number of benzene rings is 2. The van der Waals surface area contributed by atoms with Crippen LogP contribution in [0.1, 0.15) is 11.5 Å². The van der Waals surface area contributed by atoms with Crippen LogP contribution in [-0.4, -0.2) is 25.1 Å². The van der Waals surface area contributed by atoms with Gasteiger partial charge in [0.2, 0.25) is 21.7 Å². The normalized spacial score (nSPS) is 11.6. The minimum atomic E-state index is -3.60. The maximum Gasteiger partial charge on any atom is 0.240 e.